The van der Waals surface area contributed by atoms with E-state index in [9.17, 15) is 9.90 Å². The van der Waals surface area contributed by atoms with Gasteiger partial charge in [0.05, 0.1) is 11.4 Å². The maximum atomic E-state index is 13.0. The second-order valence-corrected chi connectivity index (χ2v) is 8.11. The van der Waals surface area contributed by atoms with Crippen LogP contribution >= 0.6 is 11.6 Å². The molecule has 3 N–H and O–H groups in total. The van der Waals surface area contributed by atoms with Crippen LogP contribution in [0.3, 0.4) is 0 Å². The van der Waals surface area contributed by atoms with Gasteiger partial charge < -0.3 is 20.3 Å². The summed E-state index contributed by atoms with van der Waals surface area (Å²) in [7, 11) is 0. The van der Waals surface area contributed by atoms with E-state index in [1.807, 2.05) is 36.5 Å². The van der Waals surface area contributed by atoms with Crippen molar-refractivity contribution in [3.8, 4) is 0 Å². The van der Waals surface area contributed by atoms with Crippen LogP contribution in [0.2, 0.25) is 5.02 Å². The first-order chi connectivity index (χ1) is 14.7. The molecule has 2 aromatic heterocycles. The molecule has 0 spiro atoms. The third-order valence-electron chi connectivity index (χ3n) is 5.74. The highest BCUT2D eigenvalue weighted by Gasteiger charge is 2.28. The zero-order chi connectivity index (χ0) is 20.9. The molecule has 3 heterocycles. The first kappa shape index (κ1) is 20.6. The zero-order valence-electron chi connectivity index (χ0n) is 16.7. The molecule has 1 aromatic carbocycles. The molecule has 8 heteroatoms. The predicted molar refractivity (Wildman–Crippen MR) is 117 cm³/mol. The topological polar surface area (TPSA) is 94.1 Å². The Labute approximate surface area is 180 Å². The normalized spacial score (nSPS) is 16.0. The SMILES string of the molecule is O=C(NC(CCCO)c1ccc(Cl)cc1)C1CCN(c2ncnc3[nH]ccc23)CC1. The van der Waals surface area contributed by atoms with Crippen molar-refractivity contribution in [2.45, 2.75) is 31.7 Å². The number of aliphatic hydroxyl groups is 1. The summed E-state index contributed by atoms with van der Waals surface area (Å²) >= 11 is 6.00. The minimum absolute atomic E-state index is 0.0336. The van der Waals surface area contributed by atoms with Gasteiger partial charge in [-0.15, -0.1) is 0 Å². The van der Waals surface area contributed by atoms with Gasteiger partial charge in [-0.05, 0) is 49.4 Å². The summed E-state index contributed by atoms with van der Waals surface area (Å²) < 4.78 is 0. The molecule has 0 bridgehead atoms. The van der Waals surface area contributed by atoms with Crippen LogP contribution in [0.5, 0.6) is 0 Å². The fourth-order valence-electron chi connectivity index (χ4n) is 4.07. The molecule has 7 nitrogen and oxygen atoms in total. The standard InChI is InChI=1S/C22H26ClN5O2/c23-17-5-3-15(4-6-17)19(2-1-13-29)27-22(30)16-8-11-28(12-9-16)21-18-7-10-24-20(18)25-14-26-21/h3-7,10,14,16,19,29H,1-2,8-9,11-13H2,(H,27,30)(H,24,25,26). The Morgan fingerprint density at radius 2 is 2.00 bits per heavy atom. The number of anilines is 1. The molecule has 158 valence electrons. The van der Waals surface area contributed by atoms with Crippen LogP contribution in [0, 0.1) is 5.92 Å². The van der Waals surface area contributed by atoms with Gasteiger partial charge in [0.25, 0.3) is 0 Å². The number of hydrogen-bond acceptors (Lipinski definition) is 5. The largest absolute Gasteiger partial charge is 0.396 e. The van der Waals surface area contributed by atoms with Crippen molar-refractivity contribution in [2.24, 2.45) is 5.92 Å². The summed E-state index contributed by atoms with van der Waals surface area (Å²) in [6.07, 6.45) is 6.31. The molecule has 30 heavy (non-hydrogen) atoms. The Morgan fingerprint density at radius 3 is 2.73 bits per heavy atom. The number of nitrogens with one attached hydrogen (secondary N) is 2. The molecule has 1 unspecified atom stereocenters. The second kappa shape index (κ2) is 9.45. The monoisotopic (exact) mass is 427 g/mol. The van der Waals surface area contributed by atoms with Gasteiger partial charge in [0.2, 0.25) is 5.91 Å². The molecule has 1 atom stereocenters. The molecule has 1 amide bonds. The summed E-state index contributed by atoms with van der Waals surface area (Å²) in [5.74, 6) is 0.956. The molecule has 1 fully saturated rings. The van der Waals surface area contributed by atoms with Gasteiger partial charge in [-0.1, -0.05) is 23.7 Å². The maximum absolute atomic E-state index is 13.0. The number of aliphatic hydroxyl groups excluding tert-OH is 1. The van der Waals surface area contributed by atoms with E-state index < -0.39 is 0 Å². The van der Waals surface area contributed by atoms with E-state index in [2.05, 4.69) is 25.2 Å². The average molecular weight is 428 g/mol. The highest BCUT2D eigenvalue weighted by atomic mass is 35.5. The molecule has 1 saturated heterocycles. The van der Waals surface area contributed by atoms with Crippen LogP contribution in [0.15, 0.2) is 42.9 Å². The minimum atomic E-state index is -0.124. The molecule has 1 aliphatic rings. The van der Waals surface area contributed by atoms with E-state index in [0.29, 0.717) is 17.9 Å². The number of fused-ring (bicyclic) bond motifs is 1. The Kier molecular flexibility index (Phi) is 6.50. The van der Waals surface area contributed by atoms with Crippen molar-refractivity contribution in [2.75, 3.05) is 24.6 Å². The van der Waals surface area contributed by atoms with Crippen molar-refractivity contribution in [1.29, 1.82) is 0 Å². The average Bonchev–Trinajstić information content (AvgIpc) is 3.26. The third kappa shape index (κ3) is 4.57. The fourth-order valence-corrected chi connectivity index (χ4v) is 4.19. The summed E-state index contributed by atoms with van der Waals surface area (Å²) in [5, 5.41) is 14.1. The van der Waals surface area contributed by atoms with Gasteiger partial charge in [0, 0.05) is 36.8 Å². The molecule has 0 radical (unpaired) electrons. The third-order valence-corrected chi connectivity index (χ3v) is 5.99. The van der Waals surface area contributed by atoms with Crippen molar-refractivity contribution in [3.63, 3.8) is 0 Å². The number of aromatic nitrogens is 3. The number of benzene rings is 1. The van der Waals surface area contributed by atoms with Gasteiger partial charge in [-0.3, -0.25) is 4.79 Å². The number of halogens is 1. The lowest BCUT2D eigenvalue weighted by atomic mass is 9.94. The number of hydrogen-bond donors (Lipinski definition) is 3. The smallest absolute Gasteiger partial charge is 0.223 e. The van der Waals surface area contributed by atoms with E-state index in [4.69, 9.17) is 11.6 Å². The lowest BCUT2D eigenvalue weighted by Gasteiger charge is -2.33. The number of carbonyl (C=O) groups is 1. The maximum Gasteiger partial charge on any atom is 0.223 e. The molecule has 4 rings (SSSR count). The van der Waals surface area contributed by atoms with Crippen LogP contribution < -0.4 is 10.2 Å². The number of nitrogens with zero attached hydrogens (tertiary/aromatic N) is 3. The molecule has 0 aliphatic carbocycles. The molecule has 1 aliphatic heterocycles. The summed E-state index contributed by atoms with van der Waals surface area (Å²) in [5.41, 5.74) is 1.84. The molecular weight excluding hydrogens is 402 g/mol. The van der Waals surface area contributed by atoms with Crippen molar-refractivity contribution < 1.29 is 9.90 Å². The van der Waals surface area contributed by atoms with Crippen LogP contribution in [-0.2, 0) is 4.79 Å². The minimum Gasteiger partial charge on any atom is -0.396 e. The number of carbonyl (C=O) groups excluding carboxylic acids is 1. The number of amides is 1. The van der Waals surface area contributed by atoms with Gasteiger partial charge in [0.1, 0.15) is 17.8 Å². The van der Waals surface area contributed by atoms with Gasteiger partial charge in [-0.2, -0.15) is 0 Å². The number of H-pyrrole nitrogens is 1. The Balaban J connectivity index is 1.39. The van der Waals surface area contributed by atoms with Gasteiger partial charge >= 0.3 is 0 Å². The first-order valence-electron chi connectivity index (χ1n) is 10.4. The Bertz CT molecular complexity index is 983. The fraction of sp³-hybridized carbons (Fsp3) is 0.409. The lowest BCUT2D eigenvalue weighted by Crippen LogP contribution is -2.42. The summed E-state index contributed by atoms with van der Waals surface area (Å²) in [6.45, 7) is 1.65. The first-order valence-corrected chi connectivity index (χ1v) is 10.7. The van der Waals surface area contributed by atoms with E-state index in [-0.39, 0.29) is 24.5 Å². The van der Waals surface area contributed by atoms with Gasteiger partial charge in [0.15, 0.2) is 0 Å². The Morgan fingerprint density at radius 1 is 1.23 bits per heavy atom. The van der Waals surface area contributed by atoms with Crippen molar-refractivity contribution >= 4 is 34.4 Å². The van der Waals surface area contributed by atoms with Gasteiger partial charge in [-0.25, -0.2) is 9.97 Å². The van der Waals surface area contributed by atoms with E-state index in [1.54, 1.807) is 6.33 Å². The van der Waals surface area contributed by atoms with Crippen LogP contribution in [0.25, 0.3) is 11.0 Å². The highest BCUT2D eigenvalue weighted by molar-refractivity contribution is 6.30. The van der Waals surface area contributed by atoms with E-state index >= 15 is 0 Å². The predicted octanol–water partition coefficient (Wildman–Crippen LogP) is 3.46. The quantitative estimate of drug-likeness (QED) is 0.536. The van der Waals surface area contributed by atoms with Crippen LogP contribution in [-0.4, -0.2) is 45.7 Å². The molecule has 0 saturated carbocycles. The van der Waals surface area contributed by atoms with Crippen LogP contribution in [0.1, 0.15) is 37.3 Å². The number of rotatable bonds is 7. The zero-order valence-corrected chi connectivity index (χ0v) is 17.5. The summed E-state index contributed by atoms with van der Waals surface area (Å²) in [4.78, 5) is 27.0. The van der Waals surface area contributed by atoms with Crippen molar-refractivity contribution in [3.05, 3.63) is 53.4 Å². The summed E-state index contributed by atoms with van der Waals surface area (Å²) in [6, 6.07) is 9.39. The van der Waals surface area contributed by atoms with Crippen molar-refractivity contribution in [1.82, 2.24) is 20.3 Å². The van der Waals surface area contributed by atoms with Crippen LogP contribution in [0.4, 0.5) is 5.82 Å². The lowest BCUT2D eigenvalue weighted by molar-refractivity contribution is -0.126. The highest BCUT2D eigenvalue weighted by Crippen LogP contribution is 2.28. The second-order valence-electron chi connectivity index (χ2n) is 7.68. The molecule has 3 aromatic rings. The molecular formula is C22H26ClN5O2. The number of piperidine rings is 1. The number of aromatic amines is 1. The van der Waals surface area contributed by atoms with E-state index in [1.165, 1.54) is 0 Å². The Hall–Kier alpha value is -2.64. The van der Waals surface area contributed by atoms with E-state index in [0.717, 1.165) is 48.3 Å².